The van der Waals surface area contributed by atoms with Crippen LogP contribution in [0.15, 0.2) is 18.2 Å². The monoisotopic (exact) mass is 251 g/mol. The number of aromatic hydroxyl groups is 1. The average molecular weight is 251 g/mol. The summed E-state index contributed by atoms with van der Waals surface area (Å²) in [4.78, 5) is 22.0. The van der Waals surface area contributed by atoms with Crippen LogP contribution < -0.4 is 5.32 Å². The van der Waals surface area contributed by atoms with Crippen LogP contribution in [0.2, 0.25) is 0 Å². The molecule has 1 aromatic rings. The second kappa shape index (κ2) is 5.53. The molecule has 0 unspecified atom stereocenters. The lowest BCUT2D eigenvalue weighted by Crippen LogP contribution is -2.32. The Hall–Kier alpha value is -2.04. The van der Waals surface area contributed by atoms with E-state index in [0.717, 1.165) is 0 Å². The number of amides is 1. The smallest absolute Gasteiger partial charge is 0.407 e. The van der Waals surface area contributed by atoms with E-state index in [-0.39, 0.29) is 12.3 Å². The van der Waals surface area contributed by atoms with E-state index in [9.17, 15) is 14.7 Å². The summed E-state index contributed by atoms with van der Waals surface area (Å²) >= 11 is 0. The molecule has 1 aromatic carbocycles. The molecule has 0 aliphatic carbocycles. The molecule has 0 aliphatic heterocycles. The zero-order valence-corrected chi connectivity index (χ0v) is 10.7. The van der Waals surface area contributed by atoms with Gasteiger partial charge in [-0.1, -0.05) is 0 Å². The van der Waals surface area contributed by atoms with Gasteiger partial charge in [0.2, 0.25) is 0 Å². The first-order chi connectivity index (χ1) is 8.30. The summed E-state index contributed by atoms with van der Waals surface area (Å²) in [5.74, 6) is -0.0133. The number of carbonyl (C=O) groups is 2. The van der Waals surface area contributed by atoms with Gasteiger partial charge in [-0.15, -0.1) is 0 Å². The van der Waals surface area contributed by atoms with Crippen molar-refractivity contribution in [3.63, 3.8) is 0 Å². The minimum atomic E-state index is -0.559. The molecule has 5 heteroatoms. The summed E-state index contributed by atoms with van der Waals surface area (Å²) in [5, 5.41) is 11.9. The van der Waals surface area contributed by atoms with Gasteiger partial charge in [-0.3, -0.25) is 4.79 Å². The fourth-order valence-electron chi connectivity index (χ4n) is 1.36. The number of aldehydes is 1. The number of hydrogen-bond acceptors (Lipinski definition) is 4. The number of phenols is 1. The van der Waals surface area contributed by atoms with E-state index in [1.807, 2.05) is 0 Å². The maximum Gasteiger partial charge on any atom is 0.407 e. The van der Waals surface area contributed by atoms with Crippen molar-refractivity contribution in [1.29, 1.82) is 0 Å². The lowest BCUT2D eigenvalue weighted by Gasteiger charge is -2.19. The highest BCUT2D eigenvalue weighted by Gasteiger charge is 2.15. The van der Waals surface area contributed by atoms with Crippen molar-refractivity contribution >= 4 is 12.4 Å². The van der Waals surface area contributed by atoms with E-state index < -0.39 is 11.7 Å². The lowest BCUT2D eigenvalue weighted by atomic mass is 10.1. The van der Waals surface area contributed by atoms with Gasteiger partial charge in [0.25, 0.3) is 0 Å². The van der Waals surface area contributed by atoms with Crippen LogP contribution in [-0.4, -0.2) is 23.1 Å². The van der Waals surface area contributed by atoms with Crippen LogP contribution in [0.4, 0.5) is 4.79 Å². The number of hydrogen-bond donors (Lipinski definition) is 2. The Morgan fingerprint density at radius 2 is 2.06 bits per heavy atom. The summed E-state index contributed by atoms with van der Waals surface area (Å²) < 4.78 is 5.06. The molecule has 0 aliphatic rings. The molecular weight excluding hydrogens is 234 g/mol. The molecule has 5 nitrogen and oxygen atoms in total. The maximum absolute atomic E-state index is 11.4. The van der Waals surface area contributed by atoms with Gasteiger partial charge in [-0.05, 0) is 44.5 Å². The van der Waals surface area contributed by atoms with Crippen molar-refractivity contribution in [3.8, 4) is 5.75 Å². The summed E-state index contributed by atoms with van der Waals surface area (Å²) in [7, 11) is 0. The molecule has 18 heavy (non-hydrogen) atoms. The summed E-state index contributed by atoms with van der Waals surface area (Å²) in [6, 6.07) is 4.42. The van der Waals surface area contributed by atoms with Gasteiger partial charge in [-0.25, -0.2) is 4.79 Å². The van der Waals surface area contributed by atoms with Gasteiger partial charge in [0.15, 0.2) is 0 Å². The van der Waals surface area contributed by atoms with Crippen LogP contribution in [0.3, 0.4) is 0 Å². The number of phenolic OH excluding ortho intramolecular Hbond substituents is 1. The molecule has 1 amide bonds. The number of ether oxygens (including phenoxy) is 1. The second-order valence-electron chi connectivity index (χ2n) is 4.91. The van der Waals surface area contributed by atoms with Gasteiger partial charge < -0.3 is 15.2 Å². The number of benzene rings is 1. The molecular formula is C13H17NO4. The molecule has 0 aromatic heterocycles. The van der Waals surface area contributed by atoms with E-state index >= 15 is 0 Å². The van der Waals surface area contributed by atoms with Gasteiger partial charge in [-0.2, -0.15) is 0 Å². The van der Waals surface area contributed by atoms with Crippen LogP contribution in [0.25, 0.3) is 0 Å². The Labute approximate surface area is 106 Å². The van der Waals surface area contributed by atoms with E-state index in [4.69, 9.17) is 4.74 Å². The first kappa shape index (κ1) is 14.0. The predicted octanol–water partition coefficient (Wildman–Crippen LogP) is 2.23. The van der Waals surface area contributed by atoms with Gasteiger partial charge >= 0.3 is 6.09 Å². The highest BCUT2D eigenvalue weighted by Crippen LogP contribution is 2.14. The second-order valence-corrected chi connectivity index (χ2v) is 4.91. The Balaban J connectivity index is 2.61. The lowest BCUT2D eigenvalue weighted by molar-refractivity contribution is 0.0523. The molecule has 0 saturated carbocycles. The first-order valence-electron chi connectivity index (χ1n) is 5.55. The molecule has 0 saturated heterocycles. The third-order valence-corrected chi connectivity index (χ3v) is 1.97. The van der Waals surface area contributed by atoms with E-state index in [1.165, 1.54) is 12.1 Å². The molecule has 1 rings (SSSR count). The minimum Gasteiger partial charge on any atom is -0.508 e. The summed E-state index contributed by atoms with van der Waals surface area (Å²) in [5.41, 5.74) is 0.426. The van der Waals surface area contributed by atoms with Gasteiger partial charge in [0.05, 0.1) is 0 Å². The fraction of sp³-hybridized carbons (Fsp3) is 0.385. The number of nitrogens with one attached hydrogen (secondary N) is 1. The Bertz CT molecular complexity index is 449. The van der Waals surface area contributed by atoms with E-state index in [2.05, 4.69) is 5.32 Å². The molecule has 98 valence electrons. The summed E-state index contributed by atoms with van der Waals surface area (Å²) in [6.45, 7) is 5.49. The van der Waals surface area contributed by atoms with Crippen molar-refractivity contribution in [1.82, 2.24) is 5.32 Å². The third-order valence-electron chi connectivity index (χ3n) is 1.97. The van der Waals surface area contributed by atoms with E-state index in [1.54, 1.807) is 26.8 Å². The highest BCUT2D eigenvalue weighted by atomic mass is 16.6. The normalized spacial score (nSPS) is 10.8. The zero-order valence-electron chi connectivity index (χ0n) is 10.7. The van der Waals surface area contributed by atoms with Crippen LogP contribution in [-0.2, 0) is 11.3 Å². The molecule has 0 bridgehead atoms. The number of alkyl carbamates (subject to hydrolysis) is 1. The molecule has 0 spiro atoms. The van der Waals surface area contributed by atoms with Crippen LogP contribution in [0, 0.1) is 0 Å². The first-order valence-corrected chi connectivity index (χ1v) is 5.55. The predicted molar refractivity (Wildman–Crippen MR) is 66.6 cm³/mol. The molecule has 0 atom stereocenters. The van der Waals surface area contributed by atoms with Crippen molar-refractivity contribution < 1.29 is 19.4 Å². The largest absolute Gasteiger partial charge is 0.508 e. The topological polar surface area (TPSA) is 75.6 Å². The van der Waals surface area contributed by atoms with Crippen molar-refractivity contribution in [2.24, 2.45) is 0 Å². The highest BCUT2D eigenvalue weighted by molar-refractivity contribution is 5.76. The number of rotatable bonds is 3. The SMILES string of the molecule is CC(C)(C)OC(=O)NCc1cc(O)cc(C=O)c1. The van der Waals surface area contributed by atoms with Gasteiger partial charge in [0.1, 0.15) is 17.6 Å². The molecule has 0 fully saturated rings. The van der Waals surface area contributed by atoms with Crippen molar-refractivity contribution in [2.75, 3.05) is 0 Å². The Morgan fingerprint density at radius 3 is 2.61 bits per heavy atom. The Morgan fingerprint density at radius 1 is 1.39 bits per heavy atom. The number of carbonyl (C=O) groups excluding carboxylic acids is 2. The Kier molecular flexibility index (Phi) is 4.31. The quantitative estimate of drug-likeness (QED) is 0.808. The molecule has 2 N–H and O–H groups in total. The minimum absolute atomic E-state index is 0.0133. The van der Waals surface area contributed by atoms with Gasteiger partial charge in [0, 0.05) is 12.1 Å². The summed E-state index contributed by atoms with van der Waals surface area (Å²) in [6.07, 6.45) is 0.0926. The van der Waals surface area contributed by atoms with Crippen LogP contribution in [0.1, 0.15) is 36.7 Å². The fourth-order valence-corrected chi connectivity index (χ4v) is 1.36. The third kappa shape index (κ3) is 4.86. The standard InChI is InChI=1S/C13H17NO4/c1-13(2,3)18-12(17)14-7-9-4-10(8-15)6-11(16)5-9/h4-6,8,16H,7H2,1-3H3,(H,14,17). The van der Waals surface area contributed by atoms with Crippen LogP contribution in [0.5, 0.6) is 5.75 Å². The zero-order chi connectivity index (χ0) is 13.8. The molecule has 0 heterocycles. The van der Waals surface area contributed by atoms with Crippen molar-refractivity contribution in [2.45, 2.75) is 32.9 Å². The average Bonchev–Trinajstić information content (AvgIpc) is 2.23. The van der Waals surface area contributed by atoms with Crippen LogP contribution >= 0.6 is 0 Å². The van der Waals surface area contributed by atoms with Crippen molar-refractivity contribution in [3.05, 3.63) is 29.3 Å². The maximum atomic E-state index is 11.4. The van der Waals surface area contributed by atoms with E-state index in [0.29, 0.717) is 17.4 Å². The molecule has 0 radical (unpaired) electrons.